The highest BCUT2D eigenvalue weighted by molar-refractivity contribution is 7.80. The molecule has 0 aromatic heterocycles. The van der Waals surface area contributed by atoms with Crippen molar-refractivity contribution in [1.82, 2.24) is 10.6 Å². The van der Waals surface area contributed by atoms with Crippen LogP contribution >= 0.6 is 12.2 Å². The van der Waals surface area contributed by atoms with Crippen LogP contribution in [0.2, 0.25) is 0 Å². The minimum absolute atomic E-state index is 0.468. The number of hydrogen-bond acceptors (Lipinski definition) is 1. The molecule has 1 atom stereocenters. The Balaban J connectivity index is 1.69. The van der Waals surface area contributed by atoms with Crippen LogP contribution in [0.1, 0.15) is 33.1 Å². The van der Waals surface area contributed by atoms with Crippen molar-refractivity contribution in [2.75, 3.05) is 0 Å². The first kappa shape index (κ1) is 8.30. The highest BCUT2D eigenvalue weighted by Crippen LogP contribution is 2.44. The van der Waals surface area contributed by atoms with Gasteiger partial charge in [0.05, 0.1) is 0 Å². The van der Waals surface area contributed by atoms with E-state index >= 15 is 0 Å². The lowest BCUT2D eigenvalue weighted by Gasteiger charge is -2.10. The molecule has 3 heteroatoms. The van der Waals surface area contributed by atoms with E-state index in [9.17, 15) is 0 Å². The molecular weight excluding hydrogens is 168 g/mol. The average Bonchev–Trinajstić information content (AvgIpc) is 2.76. The third-order valence-electron chi connectivity index (χ3n) is 2.73. The maximum atomic E-state index is 5.17. The molecule has 0 aromatic carbocycles. The molecule has 0 spiro atoms. The first-order valence-corrected chi connectivity index (χ1v) is 5.06. The maximum Gasteiger partial charge on any atom is 0.166 e. The summed E-state index contributed by atoms with van der Waals surface area (Å²) in [7, 11) is 0. The Labute approximate surface area is 79.1 Å². The molecule has 0 heterocycles. The Morgan fingerprint density at radius 1 is 1.33 bits per heavy atom. The largest absolute Gasteiger partial charge is 0.360 e. The molecule has 2 rings (SSSR count). The quantitative estimate of drug-likeness (QED) is 0.635. The Kier molecular flexibility index (Phi) is 1.79. The zero-order valence-electron chi connectivity index (χ0n) is 7.68. The predicted molar refractivity (Wildman–Crippen MR) is 54.1 cm³/mol. The van der Waals surface area contributed by atoms with E-state index in [1.165, 1.54) is 19.3 Å². The first-order chi connectivity index (χ1) is 5.58. The minimum atomic E-state index is 0.468. The molecule has 0 aliphatic heterocycles. The molecule has 2 saturated carbocycles. The van der Waals surface area contributed by atoms with Crippen molar-refractivity contribution >= 4 is 17.3 Å². The predicted octanol–water partition coefficient (Wildman–Crippen LogP) is 1.41. The van der Waals surface area contributed by atoms with Gasteiger partial charge in [-0.15, -0.1) is 0 Å². The standard InChI is InChI=1S/C9H16N2S/c1-9(2)5-7(9)11-8(12)10-6-3-4-6/h6-7H,3-5H2,1-2H3,(H2,10,11,12). The van der Waals surface area contributed by atoms with E-state index in [-0.39, 0.29) is 0 Å². The summed E-state index contributed by atoms with van der Waals surface area (Å²) in [5.74, 6) is 0. The summed E-state index contributed by atoms with van der Waals surface area (Å²) in [6.07, 6.45) is 3.82. The molecule has 2 N–H and O–H groups in total. The fourth-order valence-corrected chi connectivity index (χ4v) is 1.64. The van der Waals surface area contributed by atoms with E-state index in [0.29, 0.717) is 17.5 Å². The molecule has 2 aliphatic carbocycles. The van der Waals surface area contributed by atoms with Crippen molar-refractivity contribution in [2.45, 2.75) is 45.2 Å². The molecule has 0 radical (unpaired) electrons. The van der Waals surface area contributed by atoms with Gasteiger partial charge in [0.15, 0.2) is 5.11 Å². The van der Waals surface area contributed by atoms with Gasteiger partial charge in [-0.1, -0.05) is 13.8 Å². The van der Waals surface area contributed by atoms with Crippen LogP contribution in [0.4, 0.5) is 0 Å². The van der Waals surface area contributed by atoms with Gasteiger partial charge in [0.2, 0.25) is 0 Å². The van der Waals surface area contributed by atoms with Crippen LogP contribution in [0.15, 0.2) is 0 Å². The summed E-state index contributed by atoms with van der Waals surface area (Å²) < 4.78 is 0. The van der Waals surface area contributed by atoms with Crippen molar-refractivity contribution in [3.63, 3.8) is 0 Å². The Morgan fingerprint density at radius 3 is 2.33 bits per heavy atom. The van der Waals surface area contributed by atoms with Crippen LogP contribution < -0.4 is 10.6 Å². The Morgan fingerprint density at radius 2 is 1.92 bits per heavy atom. The van der Waals surface area contributed by atoms with Crippen molar-refractivity contribution < 1.29 is 0 Å². The number of thiocarbonyl (C=S) groups is 1. The first-order valence-electron chi connectivity index (χ1n) is 4.65. The van der Waals surface area contributed by atoms with Gasteiger partial charge in [-0.25, -0.2) is 0 Å². The fourth-order valence-electron chi connectivity index (χ4n) is 1.33. The third kappa shape index (κ3) is 1.89. The van der Waals surface area contributed by atoms with Crippen LogP contribution in [0, 0.1) is 5.41 Å². The van der Waals surface area contributed by atoms with Crippen LogP contribution in [-0.2, 0) is 0 Å². The van der Waals surface area contributed by atoms with E-state index in [1.807, 2.05) is 0 Å². The van der Waals surface area contributed by atoms with Gasteiger partial charge in [-0.3, -0.25) is 0 Å². The number of rotatable bonds is 2. The van der Waals surface area contributed by atoms with Gasteiger partial charge in [0.25, 0.3) is 0 Å². The van der Waals surface area contributed by atoms with E-state index < -0.39 is 0 Å². The zero-order chi connectivity index (χ0) is 8.77. The molecule has 12 heavy (non-hydrogen) atoms. The lowest BCUT2D eigenvalue weighted by Crippen LogP contribution is -2.39. The van der Waals surface area contributed by atoms with Gasteiger partial charge in [0.1, 0.15) is 0 Å². The summed E-state index contributed by atoms with van der Waals surface area (Å²) in [6.45, 7) is 4.54. The van der Waals surface area contributed by atoms with Crippen LogP contribution in [0.5, 0.6) is 0 Å². The summed E-state index contributed by atoms with van der Waals surface area (Å²) >= 11 is 5.17. The monoisotopic (exact) mass is 184 g/mol. The normalized spacial score (nSPS) is 31.0. The molecule has 0 amide bonds. The molecular formula is C9H16N2S. The molecule has 1 unspecified atom stereocenters. The molecule has 0 bridgehead atoms. The summed E-state index contributed by atoms with van der Waals surface area (Å²) in [4.78, 5) is 0. The summed E-state index contributed by atoms with van der Waals surface area (Å²) in [5, 5.41) is 7.47. The summed E-state index contributed by atoms with van der Waals surface area (Å²) in [5.41, 5.74) is 0.468. The van der Waals surface area contributed by atoms with Gasteiger partial charge in [-0.05, 0) is 36.9 Å². The lowest BCUT2D eigenvalue weighted by molar-refractivity contribution is 0.592. The van der Waals surface area contributed by atoms with E-state index in [0.717, 1.165) is 5.11 Å². The van der Waals surface area contributed by atoms with Crippen LogP contribution in [0.25, 0.3) is 0 Å². The van der Waals surface area contributed by atoms with Crippen LogP contribution in [0.3, 0.4) is 0 Å². The molecule has 2 fully saturated rings. The SMILES string of the molecule is CC1(C)CC1NC(=S)NC1CC1. The van der Waals surface area contributed by atoms with Crippen molar-refractivity contribution in [3.8, 4) is 0 Å². The van der Waals surface area contributed by atoms with Crippen molar-refractivity contribution in [1.29, 1.82) is 0 Å². The van der Waals surface area contributed by atoms with E-state index in [4.69, 9.17) is 12.2 Å². The second-order valence-electron chi connectivity index (χ2n) is 4.64. The highest BCUT2D eigenvalue weighted by atomic mass is 32.1. The third-order valence-corrected chi connectivity index (χ3v) is 2.97. The molecule has 0 saturated heterocycles. The smallest absolute Gasteiger partial charge is 0.166 e. The second-order valence-corrected chi connectivity index (χ2v) is 5.05. The van der Waals surface area contributed by atoms with E-state index in [1.54, 1.807) is 0 Å². The Hall–Kier alpha value is -0.310. The minimum Gasteiger partial charge on any atom is -0.360 e. The Bertz CT molecular complexity index is 209. The lowest BCUT2D eigenvalue weighted by atomic mass is 10.2. The van der Waals surface area contributed by atoms with Gasteiger partial charge < -0.3 is 10.6 Å². The maximum absolute atomic E-state index is 5.17. The highest BCUT2D eigenvalue weighted by Gasteiger charge is 2.46. The summed E-state index contributed by atoms with van der Waals surface area (Å²) in [6, 6.07) is 1.28. The number of nitrogens with one attached hydrogen (secondary N) is 2. The average molecular weight is 184 g/mol. The van der Waals surface area contributed by atoms with Crippen molar-refractivity contribution in [3.05, 3.63) is 0 Å². The topological polar surface area (TPSA) is 24.1 Å². The molecule has 2 nitrogen and oxygen atoms in total. The van der Waals surface area contributed by atoms with Gasteiger partial charge in [-0.2, -0.15) is 0 Å². The fraction of sp³-hybridized carbons (Fsp3) is 0.889. The number of hydrogen-bond donors (Lipinski definition) is 2. The molecule has 2 aliphatic rings. The zero-order valence-corrected chi connectivity index (χ0v) is 8.50. The van der Waals surface area contributed by atoms with Gasteiger partial charge >= 0.3 is 0 Å². The van der Waals surface area contributed by atoms with E-state index in [2.05, 4.69) is 24.5 Å². The van der Waals surface area contributed by atoms with Crippen LogP contribution in [-0.4, -0.2) is 17.2 Å². The molecule has 0 aromatic rings. The van der Waals surface area contributed by atoms with Crippen molar-refractivity contribution in [2.24, 2.45) is 5.41 Å². The second kappa shape index (κ2) is 2.59. The van der Waals surface area contributed by atoms with Gasteiger partial charge in [0, 0.05) is 12.1 Å². The molecule has 68 valence electrons.